The fourth-order valence-corrected chi connectivity index (χ4v) is 3.69. The van der Waals surface area contributed by atoms with Gasteiger partial charge in [-0.05, 0) is 26.2 Å². The van der Waals surface area contributed by atoms with Gasteiger partial charge in [-0.3, -0.25) is 14.4 Å². The lowest BCUT2D eigenvalue weighted by molar-refractivity contribution is -0.151. The number of hydrogen-bond donors (Lipinski definition) is 2. The van der Waals surface area contributed by atoms with E-state index in [4.69, 9.17) is 5.73 Å². The maximum Gasteiger partial charge on any atom is 0.249 e. The first-order valence-electron chi connectivity index (χ1n) is 7.82. The molecule has 2 aliphatic rings. The maximum absolute atomic E-state index is 12.9. The number of amides is 3. The average Bonchev–Trinajstić information content (AvgIpc) is 2.97. The molecule has 0 bridgehead atoms. The van der Waals surface area contributed by atoms with E-state index in [1.54, 1.807) is 4.90 Å². The van der Waals surface area contributed by atoms with Gasteiger partial charge in [0.05, 0.1) is 6.10 Å². The zero-order chi connectivity index (χ0) is 16.7. The smallest absolute Gasteiger partial charge is 0.249 e. The zero-order valence-corrected chi connectivity index (χ0v) is 13.4. The first kappa shape index (κ1) is 16.7. The zero-order valence-electron chi connectivity index (χ0n) is 13.4. The van der Waals surface area contributed by atoms with Crippen LogP contribution in [0.4, 0.5) is 0 Å². The highest BCUT2D eigenvalue weighted by atomic mass is 16.3. The molecule has 2 aliphatic heterocycles. The van der Waals surface area contributed by atoms with Crippen LogP contribution >= 0.6 is 0 Å². The van der Waals surface area contributed by atoms with Crippen LogP contribution < -0.4 is 5.73 Å². The fraction of sp³-hybridized carbons (Fsp3) is 0.800. The van der Waals surface area contributed by atoms with Crippen molar-refractivity contribution in [1.29, 1.82) is 0 Å². The van der Waals surface area contributed by atoms with Crippen LogP contribution in [-0.4, -0.2) is 63.4 Å². The van der Waals surface area contributed by atoms with Crippen molar-refractivity contribution in [3.8, 4) is 0 Å². The van der Waals surface area contributed by atoms with Crippen molar-refractivity contribution in [3.05, 3.63) is 0 Å². The molecule has 0 saturated carbocycles. The van der Waals surface area contributed by atoms with Crippen LogP contribution in [0, 0.1) is 5.92 Å². The van der Waals surface area contributed by atoms with Crippen LogP contribution in [0.3, 0.4) is 0 Å². The van der Waals surface area contributed by atoms with Gasteiger partial charge in [0.25, 0.3) is 0 Å². The summed E-state index contributed by atoms with van der Waals surface area (Å²) in [6.07, 6.45) is 0.827. The number of nitrogens with two attached hydrogens (primary N) is 1. The van der Waals surface area contributed by atoms with E-state index in [1.807, 2.05) is 13.8 Å². The number of carbonyl (C=O) groups is 3. The van der Waals surface area contributed by atoms with E-state index in [1.165, 1.54) is 11.8 Å². The molecule has 1 spiro atoms. The normalized spacial score (nSPS) is 27.8. The molecule has 3 amide bonds. The van der Waals surface area contributed by atoms with Gasteiger partial charge >= 0.3 is 0 Å². The third-order valence-corrected chi connectivity index (χ3v) is 4.76. The molecule has 2 fully saturated rings. The summed E-state index contributed by atoms with van der Waals surface area (Å²) in [5.74, 6) is -1.20. The Kier molecular flexibility index (Phi) is 4.47. The fourth-order valence-electron chi connectivity index (χ4n) is 3.69. The van der Waals surface area contributed by atoms with Gasteiger partial charge in [0.1, 0.15) is 11.6 Å². The van der Waals surface area contributed by atoms with E-state index in [0.29, 0.717) is 25.9 Å². The summed E-state index contributed by atoms with van der Waals surface area (Å²) in [6, 6.07) is -1.04. The number of nitrogens with zero attached hydrogens (tertiary/aromatic N) is 2. The Hall–Kier alpha value is -1.63. The SMILES string of the molecule is CC(C)C(=O)N1CCCC12CCN([C@H](C(N)=O)[C@@H](C)O)C2=O. The summed E-state index contributed by atoms with van der Waals surface area (Å²) in [6.45, 7) is 5.96. The minimum atomic E-state index is -1.04. The highest BCUT2D eigenvalue weighted by Crippen LogP contribution is 2.40. The first-order chi connectivity index (χ1) is 10.2. The molecule has 0 radical (unpaired) electrons. The second kappa shape index (κ2) is 5.87. The summed E-state index contributed by atoms with van der Waals surface area (Å²) in [5.41, 5.74) is 4.48. The molecule has 2 rings (SSSR count). The third-order valence-electron chi connectivity index (χ3n) is 4.76. The predicted molar refractivity (Wildman–Crippen MR) is 79.5 cm³/mol. The number of rotatable bonds is 4. The Morgan fingerprint density at radius 1 is 1.23 bits per heavy atom. The second-order valence-electron chi connectivity index (χ2n) is 6.62. The van der Waals surface area contributed by atoms with E-state index in [0.717, 1.165) is 6.42 Å². The predicted octanol–water partition coefficient (Wildman–Crippen LogP) is -0.529. The van der Waals surface area contributed by atoms with Gasteiger partial charge in [-0.25, -0.2) is 0 Å². The number of likely N-dealkylation sites (tertiary alicyclic amines) is 2. The second-order valence-corrected chi connectivity index (χ2v) is 6.62. The van der Waals surface area contributed by atoms with Gasteiger partial charge in [-0.1, -0.05) is 13.8 Å². The van der Waals surface area contributed by atoms with Crippen LogP contribution in [0.1, 0.15) is 40.0 Å². The lowest BCUT2D eigenvalue weighted by atomic mass is 9.93. The lowest BCUT2D eigenvalue weighted by Crippen LogP contribution is -2.58. The number of aliphatic hydroxyl groups excluding tert-OH is 1. The monoisotopic (exact) mass is 311 g/mol. The summed E-state index contributed by atoms with van der Waals surface area (Å²) >= 11 is 0. The quantitative estimate of drug-likeness (QED) is 0.728. The number of hydrogen-bond acceptors (Lipinski definition) is 4. The van der Waals surface area contributed by atoms with Crippen molar-refractivity contribution in [2.75, 3.05) is 13.1 Å². The van der Waals surface area contributed by atoms with Gasteiger partial charge < -0.3 is 20.6 Å². The van der Waals surface area contributed by atoms with Crippen molar-refractivity contribution in [3.63, 3.8) is 0 Å². The van der Waals surface area contributed by atoms with Crippen molar-refractivity contribution < 1.29 is 19.5 Å². The molecule has 0 aromatic carbocycles. The Balaban J connectivity index is 2.29. The van der Waals surface area contributed by atoms with E-state index in [9.17, 15) is 19.5 Å². The van der Waals surface area contributed by atoms with Crippen LogP contribution in [0.25, 0.3) is 0 Å². The summed E-state index contributed by atoms with van der Waals surface area (Å²) < 4.78 is 0. The van der Waals surface area contributed by atoms with E-state index >= 15 is 0 Å². The summed E-state index contributed by atoms with van der Waals surface area (Å²) in [4.78, 5) is 39.9. The number of primary amides is 1. The van der Waals surface area contributed by atoms with Gasteiger partial charge in [-0.15, -0.1) is 0 Å². The van der Waals surface area contributed by atoms with Crippen molar-refractivity contribution in [1.82, 2.24) is 9.80 Å². The molecule has 22 heavy (non-hydrogen) atoms. The topological polar surface area (TPSA) is 104 Å². The van der Waals surface area contributed by atoms with Gasteiger partial charge in [0, 0.05) is 19.0 Å². The molecular formula is C15H25N3O4. The van der Waals surface area contributed by atoms with Crippen LogP contribution in [0.5, 0.6) is 0 Å². The van der Waals surface area contributed by atoms with Crippen LogP contribution in [0.2, 0.25) is 0 Å². The highest BCUT2D eigenvalue weighted by Gasteiger charge is 2.57. The molecule has 0 aromatic rings. The molecule has 3 atom stereocenters. The van der Waals surface area contributed by atoms with Crippen LogP contribution in [-0.2, 0) is 14.4 Å². The molecule has 7 heteroatoms. The van der Waals surface area contributed by atoms with Crippen molar-refractivity contribution in [2.24, 2.45) is 11.7 Å². The van der Waals surface area contributed by atoms with E-state index in [2.05, 4.69) is 0 Å². The summed E-state index contributed by atoms with van der Waals surface area (Å²) in [5, 5.41) is 9.78. The standard InChI is InChI=1S/C15H25N3O4/c1-9(2)13(21)18-7-4-5-15(18)6-8-17(14(15)22)11(10(3)19)12(16)20/h9-11,19H,4-8H2,1-3H3,(H2,16,20)/t10-,11+,15?/m1/s1. The molecule has 2 heterocycles. The average molecular weight is 311 g/mol. The van der Waals surface area contributed by atoms with Crippen molar-refractivity contribution >= 4 is 17.7 Å². The molecular weight excluding hydrogens is 286 g/mol. The van der Waals surface area contributed by atoms with E-state index < -0.39 is 23.6 Å². The molecule has 2 saturated heterocycles. The number of aliphatic hydroxyl groups is 1. The van der Waals surface area contributed by atoms with Gasteiger partial charge in [0.15, 0.2) is 0 Å². The van der Waals surface area contributed by atoms with Gasteiger partial charge in [-0.2, -0.15) is 0 Å². The molecule has 0 aromatic heterocycles. The Bertz CT molecular complexity index is 491. The Morgan fingerprint density at radius 3 is 2.36 bits per heavy atom. The molecule has 0 aliphatic carbocycles. The minimum absolute atomic E-state index is 0.0413. The first-order valence-corrected chi connectivity index (χ1v) is 7.82. The Morgan fingerprint density at radius 2 is 1.86 bits per heavy atom. The molecule has 7 nitrogen and oxygen atoms in total. The highest BCUT2D eigenvalue weighted by molar-refractivity contribution is 5.97. The molecule has 1 unspecified atom stereocenters. The Labute approximate surface area is 130 Å². The van der Waals surface area contributed by atoms with E-state index in [-0.39, 0.29) is 17.7 Å². The van der Waals surface area contributed by atoms with Gasteiger partial charge in [0.2, 0.25) is 17.7 Å². The summed E-state index contributed by atoms with van der Waals surface area (Å²) in [7, 11) is 0. The molecule has 3 N–H and O–H groups in total. The number of carbonyl (C=O) groups excluding carboxylic acids is 3. The molecule has 124 valence electrons. The third kappa shape index (κ3) is 2.47. The minimum Gasteiger partial charge on any atom is -0.391 e. The lowest BCUT2D eigenvalue weighted by Gasteiger charge is -2.36. The van der Waals surface area contributed by atoms with Crippen molar-refractivity contribution in [2.45, 2.75) is 57.7 Å². The largest absolute Gasteiger partial charge is 0.391 e. The maximum atomic E-state index is 12.9. The van der Waals surface area contributed by atoms with Crippen LogP contribution in [0.15, 0.2) is 0 Å².